The van der Waals surface area contributed by atoms with E-state index >= 15 is 0 Å². The second-order valence-corrected chi connectivity index (χ2v) is 11.0. The number of piperazine rings is 1. The molecule has 44 heavy (non-hydrogen) atoms. The molecular formula is C29H31ClF3N7O4. The zero-order valence-electron chi connectivity index (χ0n) is 23.9. The summed E-state index contributed by atoms with van der Waals surface area (Å²) in [4.78, 5) is 36.2. The Kier molecular flexibility index (Phi) is 9.39. The molecule has 1 aromatic heterocycles. The van der Waals surface area contributed by atoms with Gasteiger partial charge in [-0.15, -0.1) is 0 Å². The highest BCUT2D eigenvalue weighted by molar-refractivity contribution is 6.32. The third-order valence-electron chi connectivity index (χ3n) is 7.74. The molecule has 0 spiro atoms. The molecule has 5 rings (SSSR count). The number of nitrogens with one attached hydrogen (secondary N) is 1. The summed E-state index contributed by atoms with van der Waals surface area (Å²) in [5.41, 5.74) is 0.0863. The van der Waals surface area contributed by atoms with Crippen molar-refractivity contribution in [2.75, 3.05) is 56.1 Å². The smallest absolute Gasteiger partial charge is 0.423 e. The molecule has 2 aromatic carbocycles. The molecule has 0 bridgehead atoms. The predicted molar refractivity (Wildman–Crippen MR) is 158 cm³/mol. The maximum absolute atomic E-state index is 13.5. The van der Waals surface area contributed by atoms with Crippen molar-refractivity contribution >= 4 is 40.4 Å². The Labute approximate surface area is 256 Å². The van der Waals surface area contributed by atoms with Gasteiger partial charge in [-0.3, -0.25) is 19.8 Å². The van der Waals surface area contributed by atoms with Crippen LogP contribution in [-0.2, 0) is 23.9 Å². The van der Waals surface area contributed by atoms with Crippen LogP contribution in [0.4, 0.5) is 36.1 Å². The third kappa shape index (κ3) is 7.30. The highest BCUT2D eigenvalue weighted by Crippen LogP contribution is 2.39. The van der Waals surface area contributed by atoms with Crippen molar-refractivity contribution in [3.63, 3.8) is 0 Å². The van der Waals surface area contributed by atoms with Crippen LogP contribution >= 0.6 is 11.6 Å². The van der Waals surface area contributed by atoms with Gasteiger partial charge in [0.15, 0.2) is 0 Å². The van der Waals surface area contributed by atoms with E-state index in [2.05, 4.69) is 20.2 Å². The van der Waals surface area contributed by atoms with Gasteiger partial charge in [0.05, 0.1) is 28.8 Å². The van der Waals surface area contributed by atoms with E-state index in [0.29, 0.717) is 47.5 Å². The van der Waals surface area contributed by atoms with Gasteiger partial charge in [-0.1, -0.05) is 11.6 Å². The number of rotatable bonds is 9. The number of hydrogen-bond donors (Lipinski definition) is 1. The normalized spacial score (nSPS) is 15.6. The van der Waals surface area contributed by atoms with Crippen molar-refractivity contribution in [1.82, 2.24) is 19.8 Å². The molecule has 1 saturated heterocycles. The molecule has 0 atom stereocenters. The molecule has 2 aliphatic heterocycles. The fourth-order valence-electron chi connectivity index (χ4n) is 5.38. The van der Waals surface area contributed by atoms with Crippen molar-refractivity contribution in [2.45, 2.75) is 32.5 Å². The van der Waals surface area contributed by atoms with Gasteiger partial charge in [0, 0.05) is 69.2 Å². The SMILES string of the molecule is CC(=O)N1CCN(CCCOc2ccc(Nc3ncnc4c3CCN(c3ccc([N+](=O)[O-])c(C(F)(F)F)c3)C4)cc2Cl)CC1. The van der Waals surface area contributed by atoms with Crippen molar-refractivity contribution in [1.29, 1.82) is 0 Å². The fourth-order valence-corrected chi connectivity index (χ4v) is 5.61. The third-order valence-corrected chi connectivity index (χ3v) is 8.04. The van der Waals surface area contributed by atoms with Gasteiger partial charge >= 0.3 is 6.18 Å². The van der Waals surface area contributed by atoms with E-state index in [4.69, 9.17) is 16.3 Å². The number of anilines is 3. The van der Waals surface area contributed by atoms with Crippen LogP contribution in [0.25, 0.3) is 0 Å². The number of ether oxygens (including phenoxy) is 1. The lowest BCUT2D eigenvalue weighted by molar-refractivity contribution is -0.388. The Morgan fingerprint density at radius 2 is 1.89 bits per heavy atom. The molecule has 11 nitrogen and oxygen atoms in total. The van der Waals surface area contributed by atoms with Crippen LogP contribution in [0.15, 0.2) is 42.7 Å². The molecule has 3 heterocycles. The number of alkyl halides is 3. The summed E-state index contributed by atoms with van der Waals surface area (Å²) in [6.45, 7) is 6.71. The van der Waals surface area contributed by atoms with Crippen molar-refractivity contribution in [3.8, 4) is 5.75 Å². The number of carbonyl (C=O) groups is 1. The zero-order valence-corrected chi connectivity index (χ0v) is 24.7. The van der Waals surface area contributed by atoms with Gasteiger partial charge in [0.2, 0.25) is 5.91 Å². The Hall–Kier alpha value is -4.17. The van der Waals surface area contributed by atoms with Crippen LogP contribution in [0.1, 0.15) is 30.2 Å². The van der Waals surface area contributed by atoms with Crippen molar-refractivity contribution in [3.05, 3.63) is 74.7 Å². The maximum atomic E-state index is 13.5. The molecule has 2 aliphatic rings. The van der Waals surface area contributed by atoms with E-state index in [0.717, 1.165) is 56.8 Å². The van der Waals surface area contributed by atoms with E-state index in [1.54, 1.807) is 24.0 Å². The van der Waals surface area contributed by atoms with Crippen LogP contribution in [0.2, 0.25) is 5.02 Å². The van der Waals surface area contributed by atoms with Gasteiger partial charge in [-0.25, -0.2) is 9.97 Å². The maximum Gasteiger partial charge on any atom is 0.423 e. The lowest BCUT2D eigenvalue weighted by Gasteiger charge is -2.34. The molecule has 0 radical (unpaired) electrons. The van der Waals surface area contributed by atoms with Crippen molar-refractivity contribution in [2.24, 2.45) is 0 Å². The Balaban J connectivity index is 1.18. The highest BCUT2D eigenvalue weighted by Gasteiger charge is 2.39. The van der Waals surface area contributed by atoms with E-state index in [1.165, 1.54) is 12.4 Å². The summed E-state index contributed by atoms with van der Waals surface area (Å²) < 4.78 is 46.4. The molecule has 0 unspecified atom stereocenters. The average molecular weight is 634 g/mol. The van der Waals surface area contributed by atoms with Crippen LogP contribution in [0.5, 0.6) is 5.75 Å². The number of amides is 1. The molecule has 0 aliphatic carbocycles. The van der Waals surface area contributed by atoms with E-state index in [9.17, 15) is 28.1 Å². The standard InChI is InChI=1S/C29H31ClF3N7O4/c1-19(41)38-12-10-37(11-13-38)8-2-14-44-27-6-3-20(15-24(27)30)36-28-22-7-9-39(17-25(22)34-18-35-28)21-4-5-26(40(42)43)23(16-21)29(31,32)33/h3-6,15-16,18H,2,7-14,17H2,1H3,(H,34,35,36). The quantitative estimate of drug-likeness (QED) is 0.190. The monoisotopic (exact) mass is 633 g/mol. The summed E-state index contributed by atoms with van der Waals surface area (Å²) in [7, 11) is 0. The molecular weight excluding hydrogens is 603 g/mol. The van der Waals surface area contributed by atoms with Crippen LogP contribution in [-0.4, -0.2) is 76.5 Å². The first-order valence-electron chi connectivity index (χ1n) is 14.1. The van der Waals surface area contributed by atoms with Gasteiger partial charge in [0.25, 0.3) is 5.69 Å². The van der Waals surface area contributed by atoms with Gasteiger partial charge in [0.1, 0.15) is 23.5 Å². The number of halogens is 4. The minimum Gasteiger partial charge on any atom is -0.492 e. The first-order chi connectivity index (χ1) is 21.0. The predicted octanol–water partition coefficient (Wildman–Crippen LogP) is 5.30. The number of nitro benzene ring substituents is 1. The molecule has 3 aromatic rings. The Bertz CT molecular complexity index is 1530. The minimum absolute atomic E-state index is 0.109. The Morgan fingerprint density at radius 3 is 2.57 bits per heavy atom. The number of nitro groups is 1. The Morgan fingerprint density at radius 1 is 1.11 bits per heavy atom. The van der Waals surface area contributed by atoms with E-state index in [-0.39, 0.29) is 18.1 Å². The number of hydrogen-bond acceptors (Lipinski definition) is 9. The van der Waals surface area contributed by atoms with E-state index in [1.807, 2.05) is 11.0 Å². The number of aromatic nitrogens is 2. The van der Waals surface area contributed by atoms with Crippen LogP contribution < -0.4 is 15.0 Å². The largest absolute Gasteiger partial charge is 0.492 e. The van der Waals surface area contributed by atoms with Gasteiger partial charge in [-0.05, 0) is 43.2 Å². The summed E-state index contributed by atoms with van der Waals surface area (Å²) in [5.74, 6) is 1.22. The first kappa shape index (κ1) is 31.3. The molecule has 0 saturated carbocycles. The van der Waals surface area contributed by atoms with Crippen LogP contribution in [0.3, 0.4) is 0 Å². The number of fused-ring (bicyclic) bond motifs is 1. The van der Waals surface area contributed by atoms with Crippen LogP contribution in [0, 0.1) is 10.1 Å². The second-order valence-electron chi connectivity index (χ2n) is 10.6. The molecule has 1 N–H and O–H groups in total. The lowest BCUT2D eigenvalue weighted by atomic mass is 10.0. The summed E-state index contributed by atoms with van der Waals surface area (Å²) in [5, 5.41) is 14.8. The summed E-state index contributed by atoms with van der Waals surface area (Å²) >= 11 is 6.50. The number of benzene rings is 2. The summed E-state index contributed by atoms with van der Waals surface area (Å²) in [6, 6.07) is 8.35. The molecule has 234 valence electrons. The number of carbonyl (C=O) groups excluding carboxylic acids is 1. The lowest BCUT2D eigenvalue weighted by Crippen LogP contribution is -2.48. The van der Waals surface area contributed by atoms with Gasteiger partial charge < -0.3 is 19.9 Å². The first-order valence-corrected chi connectivity index (χ1v) is 14.5. The molecule has 1 fully saturated rings. The molecule has 15 heteroatoms. The van der Waals surface area contributed by atoms with Crippen molar-refractivity contribution < 1.29 is 27.6 Å². The minimum atomic E-state index is -4.86. The topological polar surface area (TPSA) is 117 Å². The van der Waals surface area contributed by atoms with Gasteiger partial charge in [-0.2, -0.15) is 13.2 Å². The molecule has 1 amide bonds. The second kappa shape index (κ2) is 13.2. The fraction of sp³-hybridized carbons (Fsp3) is 0.414. The van der Waals surface area contributed by atoms with E-state index < -0.39 is 22.4 Å². The average Bonchev–Trinajstić information content (AvgIpc) is 2.99. The highest BCUT2D eigenvalue weighted by atomic mass is 35.5. The summed E-state index contributed by atoms with van der Waals surface area (Å²) in [6.07, 6.45) is -2.23. The number of nitrogens with zero attached hydrogens (tertiary/aromatic N) is 6. The zero-order chi connectivity index (χ0) is 31.4.